The van der Waals surface area contributed by atoms with E-state index in [9.17, 15) is 14.7 Å². The van der Waals surface area contributed by atoms with Crippen LogP contribution in [0.2, 0.25) is 0 Å². The molecule has 0 spiro atoms. The zero-order chi connectivity index (χ0) is 13.3. The molecule has 5 nitrogen and oxygen atoms in total. The molecule has 1 heterocycles. The Morgan fingerprint density at radius 1 is 1.28 bits per heavy atom. The van der Waals surface area contributed by atoms with Crippen LogP contribution in [0.1, 0.15) is 12.5 Å². The van der Waals surface area contributed by atoms with Crippen molar-refractivity contribution in [1.82, 2.24) is 9.80 Å². The number of nitrogens with zero attached hydrogens (tertiary/aromatic N) is 2. The van der Waals surface area contributed by atoms with E-state index in [0.29, 0.717) is 18.7 Å². The summed E-state index contributed by atoms with van der Waals surface area (Å²) in [5.41, 5.74) is -0.704. The highest BCUT2D eigenvalue weighted by Gasteiger charge is 2.47. The van der Waals surface area contributed by atoms with Crippen LogP contribution in [0, 0.1) is 0 Å². The van der Waals surface area contributed by atoms with E-state index >= 15 is 0 Å². The maximum atomic E-state index is 12.0. The van der Waals surface area contributed by atoms with Crippen molar-refractivity contribution in [3.05, 3.63) is 35.9 Å². The Hall–Kier alpha value is -2.04. The van der Waals surface area contributed by atoms with Gasteiger partial charge in [-0.3, -0.25) is 0 Å². The van der Waals surface area contributed by atoms with Gasteiger partial charge >= 0.3 is 12.0 Å². The molecule has 0 radical (unpaired) electrons. The minimum Gasteiger partial charge on any atom is -0.479 e. The van der Waals surface area contributed by atoms with Crippen LogP contribution in [0.3, 0.4) is 0 Å². The Labute approximate surface area is 106 Å². The predicted molar refractivity (Wildman–Crippen MR) is 66.2 cm³/mol. The zero-order valence-corrected chi connectivity index (χ0v) is 10.5. The van der Waals surface area contributed by atoms with Crippen molar-refractivity contribution in [3.63, 3.8) is 0 Å². The summed E-state index contributed by atoms with van der Waals surface area (Å²) in [6, 6.07) is 8.61. The number of hydrogen-bond donors (Lipinski definition) is 1. The lowest BCUT2D eigenvalue weighted by atomic mass is 9.90. The highest BCUT2D eigenvalue weighted by Crippen LogP contribution is 2.31. The fourth-order valence-electron chi connectivity index (χ4n) is 2.22. The topological polar surface area (TPSA) is 60.9 Å². The number of carbonyl (C=O) groups is 2. The summed E-state index contributed by atoms with van der Waals surface area (Å²) in [4.78, 5) is 26.6. The smallest absolute Gasteiger partial charge is 0.334 e. The maximum Gasteiger partial charge on any atom is 0.334 e. The van der Waals surface area contributed by atoms with Gasteiger partial charge in [-0.15, -0.1) is 0 Å². The van der Waals surface area contributed by atoms with Gasteiger partial charge in [-0.2, -0.15) is 0 Å². The molecule has 0 saturated carbocycles. The Morgan fingerprint density at radius 3 is 2.33 bits per heavy atom. The Bertz CT molecular complexity index is 474. The highest BCUT2D eigenvalue weighted by molar-refractivity contribution is 5.88. The van der Waals surface area contributed by atoms with Crippen LogP contribution in [-0.4, -0.2) is 47.0 Å². The molecule has 1 aliphatic rings. The highest BCUT2D eigenvalue weighted by atomic mass is 16.4. The molecular weight excluding hydrogens is 232 g/mol. The fourth-order valence-corrected chi connectivity index (χ4v) is 2.22. The van der Waals surface area contributed by atoms with Crippen molar-refractivity contribution < 1.29 is 14.7 Å². The van der Waals surface area contributed by atoms with Crippen molar-refractivity contribution in [1.29, 1.82) is 0 Å². The summed E-state index contributed by atoms with van der Waals surface area (Å²) < 4.78 is 0. The standard InChI is InChI=1S/C13H16N2O3/c1-13(11(16)17,10-6-4-3-5-7-10)15-9-8-14(2)12(15)18/h3-7H,8-9H2,1-2H3,(H,16,17). The van der Waals surface area contributed by atoms with E-state index in [1.54, 1.807) is 38.2 Å². The molecule has 1 aromatic rings. The second kappa shape index (κ2) is 4.33. The summed E-state index contributed by atoms with van der Waals surface area (Å²) >= 11 is 0. The van der Waals surface area contributed by atoms with Crippen molar-refractivity contribution in [2.24, 2.45) is 0 Å². The first-order valence-corrected chi connectivity index (χ1v) is 5.79. The molecule has 2 rings (SSSR count). The van der Waals surface area contributed by atoms with E-state index in [1.165, 1.54) is 9.80 Å². The van der Waals surface area contributed by atoms with Crippen LogP contribution in [0.25, 0.3) is 0 Å². The van der Waals surface area contributed by atoms with Crippen molar-refractivity contribution in [2.75, 3.05) is 20.1 Å². The van der Waals surface area contributed by atoms with Gasteiger partial charge in [0, 0.05) is 20.1 Å². The molecule has 1 aromatic carbocycles. The fraction of sp³-hybridized carbons (Fsp3) is 0.385. The zero-order valence-electron chi connectivity index (χ0n) is 10.5. The summed E-state index contributed by atoms with van der Waals surface area (Å²) in [5, 5.41) is 9.54. The van der Waals surface area contributed by atoms with Crippen LogP contribution in [-0.2, 0) is 10.3 Å². The van der Waals surface area contributed by atoms with E-state index < -0.39 is 11.5 Å². The molecule has 1 N–H and O–H groups in total. The van der Waals surface area contributed by atoms with Gasteiger partial charge in [0.1, 0.15) is 0 Å². The number of benzene rings is 1. The summed E-state index contributed by atoms with van der Waals surface area (Å²) in [5.74, 6) is -1.02. The minimum absolute atomic E-state index is 0.247. The lowest BCUT2D eigenvalue weighted by Gasteiger charge is -2.34. The third kappa shape index (κ3) is 1.72. The van der Waals surface area contributed by atoms with Crippen LogP contribution in [0.5, 0.6) is 0 Å². The average molecular weight is 248 g/mol. The van der Waals surface area contributed by atoms with Crippen molar-refractivity contribution in [2.45, 2.75) is 12.5 Å². The quantitative estimate of drug-likeness (QED) is 0.878. The molecule has 1 aliphatic heterocycles. The van der Waals surface area contributed by atoms with E-state index in [2.05, 4.69) is 0 Å². The first kappa shape index (κ1) is 12.4. The summed E-state index contributed by atoms with van der Waals surface area (Å²) in [6.07, 6.45) is 0. The molecule has 18 heavy (non-hydrogen) atoms. The average Bonchev–Trinajstić information content (AvgIpc) is 2.70. The van der Waals surface area contributed by atoms with Gasteiger partial charge in [0.2, 0.25) is 0 Å². The Kier molecular flexibility index (Phi) is 2.98. The van der Waals surface area contributed by atoms with Gasteiger partial charge < -0.3 is 14.9 Å². The van der Waals surface area contributed by atoms with E-state index in [4.69, 9.17) is 0 Å². The van der Waals surface area contributed by atoms with Crippen LogP contribution in [0.4, 0.5) is 4.79 Å². The SMILES string of the molecule is CN1CCN(C(C)(C(=O)O)c2ccccc2)C1=O. The lowest BCUT2D eigenvalue weighted by molar-refractivity contribution is -0.148. The normalized spacial score (nSPS) is 18.9. The van der Waals surface area contributed by atoms with E-state index in [1.807, 2.05) is 6.07 Å². The number of likely N-dealkylation sites (N-methyl/N-ethyl adjacent to an activating group) is 1. The van der Waals surface area contributed by atoms with Crippen LogP contribution < -0.4 is 0 Å². The minimum atomic E-state index is -1.32. The Balaban J connectivity index is 2.46. The van der Waals surface area contributed by atoms with Gasteiger partial charge in [-0.1, -0.05) is 30.3 Å². The number of carbonyl (C=O) groups excluding carboxylic acids is 1. The molecule has 96 valence electrons. The number of carboxylic acids is 1. The van der Waals surface area contributed by atoms with Crippen molar-refractivity contribution in [3.8, 4) is 0 Å². The maximum absolute atomic E-state index is 12.0. The second-order valence-corrected chi connectivity index (χ2v) is 4.60. The number of urea groups is 1. The molecule has 0 bridgehead atoms. The number of rotatable bonds is 3. The van der Waals surface area contributed by atoms with Crippen LogP contribution in [0.15, 0.2) is 30.3 Å². The van der Waals surface area contributed by atoms with Crippen molar-refractivity contribution >= 4 is 12.0 Å². The third-order valence-corrected chi connectivity index (χ3v) is 3.51. The number of aliphatic carboxylic acids is 1. The number of carboxylic acid groups (broad SMARTS) is 1. The number of hydrogen-bond acceptors (Lipinski definition) is 2. The molecule has 1 atom stereocenters. The summed E-state index contributed by atoms with van der Waals surface area (Å²) in [6.45, 7) is 2.54. The lowest BCUT2D eigenvalue weighted by Crippen LogP contribution is -2.51. The number of amides is 2. The molecule has 5 heteroatoms. The van der Waals surface area contributed by atoms with Gasteiger partial charge in [-0.25, -0.2) is 9.59 Å². The second-order valence-electron chi connectivity index (χ2n) is 4.60. The van der Waals surface area contributed by atoms with Gasteiger partial charge in [0.25, 0.3) is 0 Å². The summed E-state index contributed by atoms with van der Waals surface area (Å²) in [7, 11) is 1.68. The molecule has 2 amide bonds. The molecule has 0 aliphatic carbocycles. The molecular formula is C13H16N2O3. The first-order valence-electron chi connectivity index (χ1n) is 5.79. The van der Waals surface area contributed by atoms with Gasteiger partial charge in [0.15, 0.2) is 5.54 Å². The third-order valence-electron chi connectivity index (χ3n) is 3.51. The van der Waals surface area contributed by atoms with E-state index in [-0.39, 0.29) is 6.03 Å². The molecule has 1 saturated heterocycles. The van der Waals surface area contributed by atoms with E-state index in [0.717, 1.165) is 0 Å². The van der Waals surface area contributed by atoms with Gasteiger partial charge in [0.05, 0.1) is 0 Å². The Morgan fingerprint density at radius 2 is 1.89 bits per heavy atom. The first-order chi connectivity index (χ1) is 8.48. The predicted octanol–water partition coefficient (Wildman–Crippen LogP) is 1.35. The molecule has 1 unspecified atom stereocenters. The molecule has 0 aromatic heterocycles. The largest absolute Gasteiger partial charge is 0.479 e. The van der Waals surface area contributed by atoms with Crippen LogP contribution >= 0.6 is 0 Å². The monoisotopic (exact) mass is 248 g/mol. The molecule has 1 fully saturated rings. The van der Waals surface area contributed by atoms with Gasteiger partial charge in [-0.05, 0) is 12.5 Å².